The molecule has 1 aromatic heterocycles. The van der Waals surface area contributed by atoms with E-state index in [4.69, 9.17) is 4.43 Å². The summed E-state index contributed by atoms with van der Waals surface area (Å²) in [6.07, 6.45) is 0.201. The number of fused-ring (bicyclic) bond motifs is 1. The molecule has 0 aromatic carbocycles. The SMILES string of the molecule is CC(C)(C)[Si](C)(C)OC1CNCc2ncsc21. The molecule has 3 nitrogen and oxygen atoms in total. The van der Waals surface area contributed by atoms with E-state index >= 15 is 0 Å². The van der Waals surface area contributed by atoms with Gasteiger partial charge in [0.15, 0.2) is 8.32 Å². The molecule has 0 radical (unpaired) electrons. The van der Waals surface area contributed by atoms with Crippen LogP contribution in [0.2, 0.25) is 18.1 Å². The molecular formula is C12H22N2OSSi. The maximum atomic E-state index is 6.47. The highest BCUT2D eigenvalue weighted by Gasteiger charge is 2.40. The molecule has 2 rings (SSSR count). The molecular weight excluding hydrogens is 248 g/mol. The normalized spacial score (nSPS) is 21.4. The Labute approximate surface area is 109 Å². The summed E-state index contributed by atoms with van der Waals surface area (Å²) < 4.78 is 6.47. The minimum atomic E-state index is -1.70. The van der Waals surface area contributed by atoms with Crippen molar-refractivity contribution in [3.63, 3.8) is 0 Å². The first-order valence-corrected chi connectivity index (χ1v) is 9.91. The predicted molar refractivity (Wildman–Crippen MR) is 74.8 cm³/mol. The lowest BCUT2D eigenvalue weighted by Gasteiger charge is -2.40. The monoisotopic (exact) mass is 270 g/mol. The Bertz CT molecular complexity index is 397. The van der Waals surface area contributed by atoms with Gasteiger partial charge in [-0.25, -0.2) is 4.98 Å². The van der Waals surface area contributed by atoms with E-state index in [1.54, 1.807) is 11.3 Å². The largest absolute Gasteiger partial charge is 0.408 e. The number of hydrogen-bond donors (Lipinski definition) is 1. The van der Waals surface area contributed by atoms with Gasteiger partial charge in [-0.1, -0.05) is 20.8 Å². The fourth-order valence-corrected chi connectivity index (χ4v) is 3.90. The van der Waals surface area contributed by atoms with E-state index in [0.29, 0.717) is 0 Å². The van der Waals surface area contributed by atoms with Gasteiger partial charge in [-0.3, -0.25) is 0 Å². The number of thiazole rings is 1. The molecule has 0 saturated heterocycles. The van der Waals surface area contributed by atoms with Gasteiger partial charge in [0.1, 0.15) is 0 Å². The van der Waals surface area contributed by atoms with Crippen LogP contribution in [0.25, 0.3) is 0 Å². The lowest BCUT2D eigenvalue weighted by molar-refractivity contribution is 0.174. The third kappa shape index (κ3) is 2.62. The lowest BCUT2D eigenvalue weighted by Crippen LogP contribution is -2.44. The minimum Gasteiger partial charge on any atom is -0.408 e. The molecule has 1 aromatic rings. The summed E-state index contributed by atoms with van der Waals surface area (Å²) in [6.45, 7) is 13.3. The minimum absolute atomic E-state index is 0.201. The quantitative estimate of drug-likeness (QED) is 0.837. The fourth-order valence-electron chi connectivity index (χ4n) is 1.71. The van der Waals surface area contributed by atoms with Crippen LogP contribution in [-0.4, -0.2) is 19.8 Å². The van der Waals surface area contributed by atoms with Crippen molar-refractivity contribution in [2.24, 2.45) is 0 Å². The van der Waals surface area contributed by atoms with Crippen molar-refractivity contribution in [1.29, 1.82) is 0 Å². The summed E-state index contributed by atoms with van der Waals surface area (Å²) in [4.78, 5) is 5.72. The second-order valence-electron chi connectivity index (χ2n) is 6.16. The van der Waals surface area contributed by atoms with Gasteiger partial charge in [0.2, 0.25) is 0 Å². The zero-order chi connectivity index (χ0) is 12.7. The van der Waals surface area contributed by atoms with Gasteiger partial charge >= 0.3 is 0 Å². The van der Waals surface area contributed by atoms with Crippen LogP contribution in [0.1, 0.15) is 37.4 Å². The molecule has 1 atom stereocenters. The molecule has 2 heterocycles. The first-order valence-electron chi connectivity index (χ1n) is 6.12. The van der Waals surface area contributed by atoms with Crippen molar-refractivity contribution in [2.75, 3.05) is 6.54 Å². The Kier molecular flexibility index (Phi) is 3.46. The Balaban J connectivity index is 2.17. The zero-order valence-corrected chi connectivity index (χ0v) is 13.1. The van der Waals surface area contributed by atoms with E-state index in [1.807, 2.05) is 5.51 Å². The molecule has 1 unspecified atom stereocenters. The van der Waals surface area contributed by atoms with Crippen molar-refractivity contribution >= 4 is 19.7 Å². The number of aromatic nitrogens is 1. The van der Waals surface area contributed by atoms with Gasteiger partial charge in [-0.05, 0) is 18.1 Å². The standard InChI is InChI=1S/C12H22N2OSSi/c1-12(2,3)17(4,5)15-10-7-13-6-9-11(10)16-8-14-9/h8,10,13H,6-7H2,1-5H3. The van der Waals surface area contributed by atoms with Gasteiger partial charge in [0.05, 0.1) is 22.2 Å². The van der Waals surface area contributed by atoms with E-state index in [0.717, 1.165) is 13.1 Å². The zero-order valence-electron chi connectivity index (χ0n) is 11.3. The molecule has 0 spiro atoms. The van der Waals surface area contributed by atoms with Gasteiger partial charge in [-0.15, -0.1) is 11.3 Å². The van der Waals surface area contributed by atoms with Crippen LogP contribution in [0, 0.1) is 0 Å². The first-order chi connectivity index (χ1) is 7.81. The van der Waals surface area contributed by atoms with Crippen LogP contribution in [0.15, 0.2) is 5.51 Å². The molecule has 5 heteroatoms. The van der Waals surface area contributed by atoms with E-state index in [1.165, 1.54) is 10.6 Å². The summed E-state index contributed by atoms with van der Waals surface area (Å²) in [5, 5.41) is 3.65. The van der Waals surface area contributed by atoms with E-state index in [-0.39, 0.29) is 11.1 Å². The van der Waals surface area contributed by atoms with Gasteiger partial charge in [0.25, 0.3) is 0 Å². The van der Waals surface area contributed by atoms with Crippen LogP contribution in [0.3, 0.4) is 0 Å². The van der Waals surface area contributed by atoms with E-state index in [2.05, 4.69) is 44.2 Å². The second kappa shape index (κ2) is 4.46. The molecule has 1 aliphatic rings. The van der Waals surface area contributed by atoms with Crippen molar-refractivity contribution in [2.45, 2.75) is 51.6 Å². The van der Waals surface area contributed by atoms with Gasteiger partial charge < -0.3 is 9.74 Å². The highest BCUT2D eigenvalue weighted by molar-refractivity contribution is 7.09. The summed E-state index contributed by atoms with van der Waals surface area (Å²) in [5.41, 5.74) is 3.10. The third-order valence-corrected chi connectivity index (χ3v) is 9.28. The molecule has 1 aliphatic heterocycles. The van der Waals surface area contributed by atoms with Gasteiger partial charge in [0, 0.05) is 13.1 Å². The van der Waals surface area contributed by atoms with Crippen LogP contribution >= 0.6 is 11.3 Å². The molecule has 0 amide bonds. The summed E-state index contributed by atoms with van der Waals surface area (Å²) in [6, 6.07) is 0. The highest BCUT2D eigenvalue weighted by atomic mass is 32.1. The molecule has 0 aliphatic carbocycles. The molecule has 1 N–H and O–H groups in total. The first kappa shape index (κ1) is 13.2. The molecule has 0 fully saturated rings. The lowest BCUT2D eigenvalue weighted by atomic mass is 10.2. The van der Waals surface area contributed by atoms with Crippen LogP contribution in [-0.2, 0) is 11.0 Å². The fraction of sp³-hybridized carbons (Fsp3) is 0.750. The number of hydrogen-bond acceptors (Lipinski definition) is 4. The molecule has 17 heavy (non-hydrogen) atoms. The topological polar surface area (TPSA) is 34.1 Å². The summed E-state index contributed by atoms with van der Waals surface area (Å²) in [7, 11) is -1.70. The van der Waals surface area contributed by atoms with Crippen LogP contribution in [0.4, 0.5) is 0 Å². The van der Waals surface area contributed by atoms with Crippen molar-refractivity contribution in [1.82, 2.24) is 10.3 Å². The van der Waals surface area contributed by atoms with Gasteiger partial charge in [-0.2, -0.15) is 0 Å². The average molecular weight is 270 g/mol. The summed E-state index contributed by atoms with van der Waals surface area (Å²) >= 11 is 1.73. The molecule has 0 bridgehead atoms. The third-order valence-electron chi connectivity index (χ3n) is 3.83. The average Bonchev–Trinajstić information content (AvgIpc) is 2.64. The number of nitrogens with one attached hydrogen (secondary N) is 1. The predicted octanol–water partition coefficient (Wildman–Crippen LogP) is 3.31. The maximum Gasteiger partial charge on any atom is 0.193 e. The Hall–Kier alpha value is -0.233. The van der Waals surface area contributed by atoms with Crippen molar-refractivity contribution in [3.8, 4) is 0 Å². The Morgan fingerprint density at radius 1 is 1.47 bits per heavy atom. The smallest absolute Gasteiger partial charge is 0.193 e. The molecule has 0 saturated carbocycles. The van der Waals surface area contributed by atoms with Crippen molar-refractivity contribution < 1.29 is 4.43 Å². The summed E-state index contributed by atoms with van der Waals surface area (Å²) in [5.74, 6) is 0. The highest BCUT2D eigenvalue weighted by Crippen LogP contribution is 2.41. The maximum absolute atomic E-state index is 6.47. The number of rotatable bonds is 2. The van der Waals surface area contributed by atoms with Crippen LogP contribution < -0.4 is 5.32 Å². The van der Waals surface area contributed by atoms with Crippen molar-refractivity contribution in [3.05, 3.63) is 16.1 Å². The second-order valence-corrected chi connectivity index (χ2v) is 11.8. The Morgan fingerprint density at radius 3 is 2.82 bits per heavy atom. The van der Waals surface area contributed by atoms with Crippen LogP contribution in [0.5, 0.6) is 0 Å². The Morgan fingerprint density at radius 2 is 2.18 bits per heavy atom. The molecule has 96 valence electrons. The van der Waals surface area contributed by atoms with E-state index < -0.39 is 8.32 Å². The number of nitrogens with zero attached hydrogens (tertiary/aromatic N) is 1. The van der Waals surface area contributed by atoms with E-state index in [9.17, 15) is 0 Å².